The summed E-state index contributed by atoms with van der Waals surface area (Å²) in [6.07, 6.45) is 2.72. The van der Waals surface area contributed by atoms with Gasteiger partial charge in [0.05, 0.1) is 0 Å². The molecule has 0 spiro atoms. The van der Waals surface area contributed by atoms with Crippen LogP contribution in [0.2, 0.25) is 0 Å². The zero-order valence-corrected chi connectivity index (χ0v) is 9.29. The molecule has 1 saturated heterocycles. The van der Waals surface area contributed by atoms with E-state index in [1.807, 2.05) is 0 Å². The summed E-state index contributed by atoms with van der Waals surface area (Å²) in [7, 11) is 2.11. The van der Waals surface area contributed by atoms with Crippen LogP contribution in [0.3, 0.4) is 0 Å². The van der Waals surface area contributed by atoms with Gasteiger partial charge in [0.15, 0.2) is 0 Å². The topological polar surface area (TPSA) is 12.0 Å². The highest BCUT2D eigenvalue weighted by Crippen LogP contribution is 2.29. The highest BCUT2D eigenvalue weighted by atomic mass is 32.2. The second-order valence-electron chi connectivity index (χ2n) is 3.82. The molecule has 0 radical (unpaired) electrons. The third kappa shape index (κ3) is 2.40. The van der Waals surface area contributed by atoms with Crippen LogP contribution < -0.4 is 5.32 Å². The average Bonchev–Trinajstić information content (AvgIpc) is 2.58. The van der Waals surface area contributed by atoms with E-state index in [4.69, 9.17) is 0 Å². The summed E-state index contributed by atoms with van der Waals surface area (Å²) in [6, 6.07) is 0.755. The van der Waals surface area contributed by atoms with Gasteiger partial charge in [-0.3, -0.25) is 0 Å². The minimum atomic E-state index is 0.755. The third-order valence-corrected chi connectivity index (χ3v) is 4.25. The molecular formula is C10H21NS. The van der Waals surface area contributed by atoms with Crippen LogP contribution >= 0.6 is 11.8 Å². The Bertz CT molecular complexity index is 121. The normalized spacial score (nSPS) is 28.8. The zero-order valence-electron chi connectivity index (χ0n) is 8.47. The third-order valence-electron chi connectivity index (χ3n) is 3.06. The number of thioether (sulfide) groups is 1. The van der Waals surface area contributed by atoms with E-state index in [2.05, 4.69) is 38.0 Å². The molecular weight excluding hydrogens is 166 g/mol. The molecule has 1 N–H and O–H groups in total. The Morgan fingerprint density at radius 2 is 2.33 bits per heavy atom. The monoisotopic (exact) mass is 187 g/mol. The van der Waals surface area contributed by atoms with E-state index in [9.17, 15) is 0 Å². The van der Waals surface area contributed by atoms with Crippen molar-refractivity contribution >= 4 is 11.8 Å². The summed E-state index contributed by atoms with van der Waals surface area (Å²) in [5.41, 5.74) is 0. The van der Waals surface area contributed by atoms with Crippen molar-refractivity contribution in [3.05, 3.63) is 0 Å². The molecule has 0 bridgehead atoms. The molecule has 1 rings (SSSR count). The van der Waals surface area contributed by atoms with Crippen LogP contribution in [0.25, 0.3) is 0 Å². The molecule has 0 aromatic carbocycles. The summed E-state index contributed by atoms with van der Waals surface area (Å²) in [5, 5.41) is 3.48. The predicted molar refractivity (Wildman–Crippen MR) is 57.7 cm³/mol. The standard InChI is InChI=1S/C10H21NS/c1-4-8(2)10(11-3)9-5-6-12-7-9/h8-11H,4-7H2,1-3H3. The van der Waals surface area contributed by atoms with E-state index in [0.29, 0.717) is 0 Å². The Morgan fingerprint density at radius 1 is 1.58 bits per heavy atom. The largest absolute Gasteiger partial charge is 0.316 e. The van der Waals surface area contributed by atoms with Gasteiger partial charge in [0.25, 0.3) is 0 Å². The number of hydrogen-bond donors (Lipinski definition) is 1. The van der Waals surface area contributed by atoms with Crippen molar-refractivity contribution in [3.8, 4) is 0 Å². The minimum absolute atomic E-state index is 0.755. The fourth-order valence-electron chi connectivity index (χ4n) is 2.07. The molecule has 0 amide bonds. The van der Waals surface area contributed by atoms with Crippen molar-refractivity contribution in [2.24, 2.45) is 11.8 Å². The van der Waals surface area contributed by atoms with E-state index in [-0.39, 0.29) is 0 Å². The first-order valence-electron chi connectivity index (χ1n) is 5.04. The maximum Gasteiger partial charge on any atom is 0.0126 e. The van der Waals surface area contributed by atoms with Gasteiger partial charge in [-0.25, -0.2) is 0 Å². The van der Waals surface area contributed by atoms with Gasteiger partial charge in [0, 0.05) is 6.04 Å². The Balaban J connectivity index is 2.42. The molecule has 72 valence electrons. The van der Waals surface area contributed by atoms with Crippen LogP contribution in [-0.2, 0) is 0 Å². The van der Waals surface area contributed by atoms with Gasteiger partial charge in [-0.2, -0.15) is 11.8 Å². The Morgan fingerprint density at radius 3 is 2.75 bits per heavy atom. The fraction of sp³-hybridized carbons (Fsp3) is 1.00. The first-order chi connectivity index (χ1) is 5.79. The highest BCUT2D eigenvalue weighted by Gasteiger charge is 2.27. The molecule has 12 heavy (non-hydrogen) atoms. The lowest BCUT2D eigenvalue weighted by atomic mass is 9.87. The lowest BCUT2D eigenvalue weighted by Crippen LogP contribution is -2.39. The smallest absolute Gasteiger partial charge is 0.0126 e. The second-order valence-corrected chi connectivity index (χ2v) is 4.97. The summed E-state index contributed by atoms with van der Waals surface area (Å²) < 4.78 is 0. The lowest BCUT2D eigenvalue weighted by molar-refractivity contribution is 0.298. The SMILES string of the molecule is CCC(C)C(NC)C1CCSC1. The molecule has 1 aliphatic rings. The van der Waals surface area contributed by atoms with E-state index in [0.717, 1.165) is 17.9 Å². The van der Waals surface area contributed by atoms with Crippen LogP contribution in [0.1, 0.15) is 26.7 Å². The molecule has 1 aliphatic heterocycles. The number of rotatable bonds is 4. The van der Waals surface area contributed by atoms with Gasteiger partial charge in [-0.1, -0.05) is 20.3 Å². The molecule has 0 saturated carbocycles. The van der Waals surface area contributed by atoms with E-state index in [1.165, 1.54) is 24.3 Å². The Hall–Kier alpha value is 0.310. The second kappa shape index (κ2) is 5.13. The van der Waals surface area contributed by atoms with Crippen molar-refractivity contribution in [2.75, 3.05) is 18.6 Å². The summed E-state index contributed by atoms with van der Waals surface area (Å²) in [4.78, 5) is 0. The first kappa shape index (κ1) is 10.4. The van der Waals surface area contributed by atoms with Crippen LogP contribution in [0.4, 0.5) is 0 Å². The summed E-state index contributed by atoms with van der Waals surface area (Å²) in [5.74, 6) is 4.50. The molecule has 0 aromatic rings. The first-order valence-corrected chi connectivity index (χ1v) is 6.20. The van der Waals surface area contributed by atoms with Crippen LogP contribution in [0.5, 0.6) is 0 Å². The average molecular weight is 187 g/mol. The van der Waals surface area contributed by atoms with E-state index < -0.39 is 0 Å². The molecule has 3 atom stereocenters. The molecule has 1 fully saturated rings. The summed E-state index contributed by atoms with van der Waals surface area (Å²) >= 11 is 2.11. The van der Waals surface area contributed by atoms with Gasteiger partial charge in [-0.05, 0) is 36.8 Å². The predicted octanol–water partition coefficient (Wildman–Crippen LogP) is 2.37. The van der Waals surface area contributed by atoms with Crippen LogP contribution in [0.15, 0.2) is 0 Å². The number of nitrogens with one attached hydrogen (secondary N) is 1. The van der Waals surface area contributed by atoms with Crippen molar-refractivity contribution in [2.45, 2.75) is 32.7 Å². The molecule has 3 unspecified atom stereocenters. The lowest BCUT2D eigenvalue weighted by Gasteiger charge is -2.27. The fourth-order valence-corrected chi connectivity index (χ4v) is 3.39. The Kier molecular flexibility index (Phi) is 4.44. The van der Waals surface area contributed by atoms with Crippen LogP contribution in [0, 0.1) is 11.8 Å². The molecule has 0 aliphatic carbocycles. The number of hydrogen-bond acceptors (Lipinski definition) is 2. The summed E-state index contributed by atoms with van der Waals surface area (Å²) in [6.45, 7) is 4.65. The Labute approximate surface area is 80.7 Å². The molecule has 1 nitrogen and oxygen atoms in total. The van der Waals surface area contributed by atoms with Crippen molar-refractivity contribution < 1.29 is 0 Å². The molecule has 0 aromatic heterocycles. The zero-order chi connectivity index (χ0) is 8.97. The molecule has 1 heterocycles. The quantitative estimate of drug-likeness (QED) is 0.725. The minimum Gasteiger partial charge on any atom is -0.316 e. The maximum atomic E-state index is 3.48. The van der Waals surface area contributed by atoms with Gasteiger partial charge >= 0.3 is 0 Å². The molecule has 2 heteroatoms. The van der Waals surface area contributed by atoms with Gasteiger partial charge in [0.2, 0.25) is 0 Å². The van der Waals surface area contributed by atoms with E-state index >= 15 is 0 Å². The van der Waals surface area contributed by atoms with Gasteiger partial charge < -0.3 is 5.32 Å². The maximum absolute atomic E-state index is 3.48. The van der Waals surface area contributed by atoms with Gasteiger partial charge in [-0.15, -0.1) is 0 Å². The van der Waals surface area contributed by atoms with Gasteiger partial charge in [0.1, 0.15) is 0 Å². The van der Waals surface area contributed by atoms with Crippen molar-refractivity contribution in [1.82, 2.24) is 5.32 Å². The van der Waals surface area contributed by atoms with Crippen LogP contribution in [-0.4, -0.2) is 24.6 Å². The van der Waals surface area contributed by atoms with E-state index in [1.54, 1.807) is 0 Å². The van der Waals surface area contributed by atoms with Crippen molar-refractivity contribution in [1.29, 1.82) is 0 Å². The highest BCUT2D eigenvalue weighted by molar-refractivity contribution is 7.99. The van der Waals surface area contributed by atoms with Crippen molar-refractivity contribution in [3.63, 3.8) is 0 Å².